The van der Waals surface area contributed by atoms with Crippen LogP contribution in [0.25, 0.3) is 0 Å². The maximum absolute atomic E-state index is 5.71. The summed E-state index contributed by atoms with van der Waals surface area (Å²) in [6, 6.07) is 5.27. The van der Waals surface area contributed by atoms with Crippen LogP contribution in [0.2, 0.25) is 0 Å². The number of aromatic nitrogens is 3. The van der Waals surface area contributed by atoms with Crippen LogP contribution in [-0.2, 0) is 7.05 Å². The summed E-state index contributed by atoms with van der Waals surface area (Å²) in [5, 5.41) is 7.93. The number of benzene rings is 1. The molecule has 0 aliphatic heterocycles. The third kappa shape index (κ3) is 2.49. The van der Waals surface area contributed by atoms with E-state index in [1.54, 1.807) is 25.9 Å². The lowest BCUT2D eigenvalue weighted by Gasteiger charge is -2.20. The highest BCUT2D eigenvalue weighted by Gasteiger charge is 2.25. The molecule has 108 valence electrons. The van der Waals surface area contributed by atoms with Gasteiger partial charge in [0.15, 0.2) is 16.1 Å². The van der Waals surface area contributed by atoms with E-state index in [0.29, 0.717) is 16.1 Å². The number of rotatable bonds is 5. The molecule has 0 bridgehead atoms. The number of nitrogens with two attached hydrogens (primary N) is 1. The van der Waals surface area contributed by atoms with Gasteiger partial charge in [0.05, 0.1) is 26.0 Å². The number of nitrogens with one attached hydrogen (secondary N) is 1. The lowest BCUT2D eigenvalue weighted by molar-refractivity contribution is 0.348. The summed E-state index contributed by atoms with van der Waals surface area (Å²) in [6.45, 7) is 0. The fourth-order valence-electron chi connectivity index (χ4n) is 2.10. The normalized spacial score (nSPS) is 12.2. The minimum Gasteiger partial charge on any atom is -0.493 e. The van der Waals surface area contributed by atoms with E-state index in [1.165, 1.54) is 0 Å². The van der Waals surface area contributed by atoms with Crippen molar-refractivity contribution >= 4 is 15.9 Å². The first-order chi connectivity index (χ1) is 9.63. The lowest BCUT2D eigenvalue weighted by atomic mass is 10.0. The molecule has 0 spiro atoms. The molecular formula is C12H16BrN5O2. The number of para-hydroxylation sites is 1. The van der Waals surface area contributed by atoms with Gasteiger partial charge in [-0.2, -0.15) is 0 Å². The monoisotopic (exact) mass is 341 g/mol. The Morgan fingerprint density at radius 1 is 1.35 bits per heavy atom. The maximum atomic E-state index is 5.71. The highest BCUT2D eigenvalue weighted by molar-refractivity contribution is 9.10. The molecule has 1 unspecified atom stereocenters. The average molecular weight is 342 g/mol. The third-order valence-corrected chi connectivity index (χ3v) is 3.58. The highest BCUT2D eigenvalue weighted by atomic mass is 79.9. The summed E-state index contributed by atoms with van der Waals surface area (Å²) >= 11 is 3.38. The summed E-state index contributed by atoms with van der Waals surface area (Å²) in [5.41, 5.74) is 4.39. The first-order valence-electron chi connectivity index (χ1n) is 5.86. The van der Waals surface area contributed by atoms with Gasteiger partial charge in [-0.05, 0) is 22.0 Å². The van der Waals surface area contributed by atoms with Crippen LogP contribution in [0.4, 0.5) is 0 Å². The van der Waals surface area contributed by atoms with Crippen LogP contribution in [0, 0.1) is 0 Å². The number of hydrazine groups is 1. The first-order valence-corrected chi connectivity index (χ1v) is 6.65. The Balaban J connectivity index is 2.58. The molecule has 3 N–H and O–H groups in total. The number of hydrogen-bond acceptors (Lipinski definition) is 6. The second kappa shape index (κ2) is 6.21. The van der Waals surface area contributed by atoms with E-state index in [9.17, 15) is 0 Å². The number of nitrogens with zero attached hydrogens (tertiary/aromatic N) is 3. The number of methoxy groups -OCH3 is 2. The van der Waals surface area contributed by atoms with Gasteiger partial charge in [-0.15, -0.1) is 5.10 Å². The molecule has 1 heterocycles. The van der Waals surface area contributed by atoms with E-state index >= 15 is 0 Å². The molecule has 1 aromatic heterocycles. The molecule has 0 radical (unpaired) electrons. The number of hydrogen-bond donors (Lipinski definition) is 2. The smallest absolute Gasteiger partial charge is 0.165 e. The van der Waals surface area contributed by atoms with E-state index in [4.69, 9.17) is 15.3 Å². The molecular weight excluding hydrogens is 326 g/mol. The van der Waals surface area contributed by atoms with Gasteiger partial charge in [0.2, 0.25) is 0 Å². The number of ether oxygens (including phenoxy) is 2. The van der Waals surface area contributed by atoms with Crippen LogP contribution >= 0.6 is 15.9 Å². The average Bonchev–Trinajstić information content (AvgIpc) is 2.80. The SMILES string of the molecule is COc1cccc(C(NN)c2c(Br)nnn2C)c1OC. The number of aryl methyl sites for hydroxylation is 1. The van der Waals surface area contributed by atoms with E-state index in [0.717, 1.165) is 11.3 Å². The Labute approximate surface area is 125 Å². The fourth-order valence-corrected chi connectivity index (χ4v) is 2.66. The molecule has 1 aromatic carbocycles. The van der Waals surface area contributed by atoms with Crippen LogP contribution < -0.4 is 20.7 Å². The minimum absolute atomic E-state index is 0.338. The van der Waals surface area contributed by atoms with Gasteiger partial charge < -0.3 is 9.47 Å². The zero-order valence-corrected chi connectivity index (χ0v) is 13.0. The van der Waals surface area contributed by atoms with Gasteiger partial charge in [0, 0.05) is 12.6 Å². The van der Waals surface area contributed by atoms with Crippen LogP contribution in [0.15, 0.2) is 22.8 Å². The third-order valence-electron chi connectivity index (χ3n) is 3.01. The van der Waals surface area contributed by atoms with Crippen molar-refractivity contribution in [3.05, 3.63) is 34.1 Å². The highest BCUT2D eigenvalue weighted by Crippen LogP contribution is 2.37. The zero-order chi connectivity index (χ0) is 14.7. The molecule has 0 amide bonds. The summed E-state index contributed by atoms with van der Waals surface area (Å²) < 4.78 is 13.0. The van der Waals surface area contributed by atoms with E-state index < -0.39 is 0 Å². The van der Waals surface area contributed by atoms with E-state index in [1.807, 2.05) is 18.2 Å². The van der Waals surface area contributed by atoms with E-state index in [2.05, 4.69) is 31.7 Å². The van der Waals surface area contributed by atoms with Crippen molar-refractivity contribution in [1.29, 1.82) is 0 Å². The number of halogens is 1. The molecule has 2 aromatic rings. The van der Waals surface area contributed by atoms with Gasteiger partial charge in [-0.3, -0.25) is 5.84 Å². The molecule has 2 rings (SSSR count). The summed E-state index contributed by atoms with van der Waals surface area (Å²) in [6.07, 6.45) is 0. The Kier molecular flexibility index (Phi) is 4.58. The quantitative estimate of drug-likeness (QED) is 0.626. The van der Waals surface area contributed by atoms with Crippen LogP contribution in [0.5, 0.6) is 11.5 Å². The second-order valence-electron chi connectivity index (χ2n) is 4.07. The zero-order valence-electron chi connectivity index (χ0n) is 11.4. The lowest BCUT2D eigenvalue weighted by Crippen LogP contribution is -2.31. The Morgan fingerprint density at radius 3 is 2.60 bits per heavy atom. The van der Waals surface area contributed by atoms with Gasteiger partial charge >= 0.3 is 0 Å². The van der Waals surface area contributed by atoms with Crippen LogP contribution in [0.1, 0.15) is 17.3 Å². The fraction of sp³-hybridized carbons (Fsp3) is 0.333. The maximum Gasteiger partial charge on any atom is 0.165 e. The van der Waals surface area contributed by atoms with Gasteiger partial charge in [-0.1, -0.05) is 17.3 Å². The molecule has 0 fully saturated rings. The predicted octanol–water partition coefficient (Wildman–Crippen LogP) is 1.15. The Hall–Kier alpha value is -1.64. The molecule has 0 saturated carbocycles. The molecule has 8 heteroatoms. The van der Waals surface area contributed by atoms with Crippen molar-refractivity contribution in [2.75, 3.05) is 14.2 Å². The minimum atomic E-state index is -0.338. The first kappa shape index (κ1) is 14.8. The summed E-state index contributed by atoms with van der Waals surface area (Å²) in [7, 11) is 4.98. The Morgan fingerprint density at radius 2 is 2.10 bits per heavy atom. The van der Waals surface area contributed by atoms with Crippen molar-refractivity contribution in [2.24, 2.45) is 12.9 Å². The van der Waals surface area contributed by atoms with Crippen molar-refractivity contribution in [1.82, 2.24) is 20.4 Å². The van der Waals surface area contributed by atoms with Crippen LogP contribution in [-0.4, -0.2) is 29.2 Å². The topological polar surface area (TPSA) is 87.2 Å². The van der Waals surface area contributed by atoms with Crippen molar-refractivity contribution in [3.8, 4) is 11.5 Å². The van der Waals surface area contributed by atoms with Gasteiger partial charge in [-0.25, -0.2) is 10.1 Å². The van der Waals surface area contributed by atoms with Gasteiger partial charge in [0.25, 0.3) is 0 Å². The molecule has 0 saturated heterocycles. The molecule has 20 heavy (non-hydrogen) atoms. The van der Waals surface area contributed by atoms with Crippen LogP contribution in [0.3, 0.4) is 0 Å². The van der Waals surface area contributed by atoms with Crippen molar-refractivity contribution in [3.63, 3.8) is 0 Å². The second-order valence-corrected chi connectivity index (χ2v) is 4.82. The molecule has 0 aliphatic carbocycles. The summed E-state index contributed by atoms with van der Waals surface area (Å²) in [4.78, 5) is 0. The standard InChI is InChI=1S/C12H16BrN5O2/c1-18-10(12(13)16-17-18)9(15-14)7-5-4-6-8(19-2)11(7)20-3/h4-6,9,15H,14H2,1-3H3. The van der Waals surface area contributed by atoms with Crippen molar-refractivity contribution in [2.45, 2.75) is 6.04 Å². The van der Waals surface area contributed by atoms with Crippen molar-refractivity contribution < 1.29 is 9.47 Å². The predicted molar refractivity (Wildman–Crippen MR) is 77.4 cm³/mol. The van der Waals surface area contributed by atoms with Gasteiger partial charge in [0.1, 0.15) is 0 Å². The summed E-state index contributed by atoms with van der Waals surface area (Å²) in [5.74, 6) is 6.97. The van der Waals surface area contributed by atoms with E-state index in [-0.39, 0.29) is 6.04 Å². The molecule has 7 nitrogen and oxygen atoms in total. The largest absolute Gasteiger partial charge is 0.493 e. The Bertz CT molecular complexity index is 582. The molecule has 1 atom stereocenters. The molecule has 0 aliphatic rings.